The lowest BCUT2D eigenvalue weighted by atomic mass is 10.3. The second-order valence-electron chi connectivity index (χ2n) is 3.19. The summed E-state index contributed by atoms with van der Waals surface area (Å²) in [5.74, 6) is 2.37. The molecular formula is C10H23NO2S. The highest BCUT2D eigenvalue weighted by Gasteiger charge is 2.02. The third-order valence-corrected chi connectivity index (χ3v) is 3.00. The van der Waals surface area contributed by atoms with E-state index in [1.165, 1.54) is 17.9 Å². The van der Waals surface area contributed by atoms with Crippen molar-refractivity contribution >= 4 is 11.8 Å². The van der Waals surface area contributed by atoms with Crippen LogP contribution in [-0.2, 0) is 0 Å². The van der Waals surface area contributed by atoms with Gasteiger partial charge in [0.2, 0.25) is 0 Å². The first-order valence-corrected chi connectivity index (χ1v) is 6.52. The monoisotopic (exact) mass is 221 g/mol. The van der Waals surface area contributed by atoms with Gasteiger partial charge in [-0.2, -0.15) is 11.8 Å². The standard InChI is InChI=1S/C10H23NO2S/c1-2-14-10-4-6-11(7-9-13)5-3-8-12/h12-13H,2-10H2,1H3. The summed E-state index contributed by atoms with van der Waals surface area (Å²) in [5.41, 5.74) is 0. The Morgan fingerprint density at radius 3 is 2.29 bits per heavy atom. The van der Waals surface area contributed by atoms with Gasteiger partial charge in [0.1, 0.15) is 0 Å². The van der Waals surface area contributed by atoms with Crippen molar-refractivity contribution in [3.05, 3.63) is 0 Å². The molecule has 0 spiro atoms. The number of rotatable bonds is 10. The zero-order chi connectivity index (χ0) is 10.6. The molecule has 0 aromatic heterocycles. The highest BCUT2D eigenvalue weighted by atomic mass is 32.2. The van der Waals surface area contributed by atoms with E-state index in [0.717, 1.165) is 26.1 Å². The van der Waals surface area contributed by atoms with E-state index in [2.05, 4.69) is 11.8 Å². The van der Waals surface area contributed by atoms with E-state index in [1.807, 2.05) is 11.8 Å². The third-order valence-electron chi connectivity index (χ3n) is 2.02. The molecule has 4 heteroatoms. The largest absolute Gasteiger partial charge is 0.396 e. The van der Waals surface area contributed by atoms with Crippen LogP contribution in [0.5, 0.6) is 0 Å². The average molecular weight is 221 g/mol. The van der Waals surface area contributed by atoms with Gasteiger partial charge >= 0.3 is 0 Å². The Morgan fingerprint density at radius 1 is 1.00 bits per heavy atom. The molecule has 0 radical (unpaired) electrons. The fourth-order valence-corrected chi connectivity index (χ4v) is 1.93. The van der Waals surface area contributed by atoms with Crippen molar-refractivity contribution in [2.75, 3.05) is 44.4 Å². The molecule has 0 unspecified atom stereocenters. The summed E-state index contributed by atoms with van der Waals surface area (Å²) in [6, 6.07) is 0. The second kappa shape index (κ2) is 11.3. The van der Waals surface area contributed by atoms with Crippen LogP contribution in [0.2, 0.25) is 0 Å². The molecular weight excluding hydrogens is 198 g/mol. The fraction of sp³-hybridized carbons (Fsp3) is 1.00. The van der Waals surface area contributed by atoms with Crippen molar-refractivity contribution in [2.45, 2.75) is 19.8 Å². The van der Waals surface area contributed by atoms with Crippen molar-refractivity contribution < 1.29 is 10.2 Å². The quantitative estimate of drug-likeness (QED) is 0.536. The van der Waals surface area contributed by atoms with Crippen molar-refractivity contribution in [3.63, 3.8) is 0 Å². The Hall–Kier alpha value is 0.230. The lowest BCUT2D eigenvalue weighted by molar-refractivity contribution is 0.180. The molecule has 0 aromatic carbocycles. The molecule has 0 saturated carbocycles. The van der Waals surface area contributed by atoms with Crippen LogP contribution in [0.4, 0.5) is 0 Å². The molecule has 0 aliphatic rings. The highest BCUT2D eigenvalue weighted by Crippen LogP contribution is 2.02. The van der Waals surface area contributed by atoms with Gasteiger partial charge in [0.05, 0.1) is 6.61 Å². The van der Waals surface area contributed by atoms with E-state index in [9.17, 15) is 0 Å². The third kappa shape index (κ3) is 8.81. The zero-order valence-corrected chi connectivity index (χ0v) is 9.93. The van der Waals surface area contributed by atoms with Gasteiger partial charge < -0.3 is 15.1 Å². The minimum atomic E-state index is 0.215. The molecule has 0 aromatic rings. The molecule has 0 saturated heterocycles. The minimum absolute atomic E-state index is 0.215. The first kappa shape index (κ1) is 14.2. The summed E-state index contributed by atoms with van der Waals surface area (Å²) in [6.45, 7) is 5.29. The van der Waals surface area contributed by atoms with Gasteiger partial charge in [-0.1, -0.05) is 6.92 Å². The van der Waals surface area contributed by atoms with Gasteiger partial charge in [-0.3, -0.25) is 0 Å². The number of aliphatic hydroxyl groups is 2. The number of nitrogens with zero attached hydrogens (tertiary/aromatic N) is 1. The number of hydrogen-bond donors (Lipinski definition) is 2. The molecule has 3 nitrogen and oxygen atoms in total. The maximum Gasteiger partial charge on any atom is 0.0558 e. The smallest absolute Gasteiger partial charge is 0.0558 e. The van der Waals surface area contributed by atoms with Crippen LogP contribution in [0.25, 0.3) is 0 Å². The van der Waals surface area contributed by atoms with E-state index in [4.69, 9.17) is 10.2 Å². The van der Waals surface area contributed by atoms with Crippen LogP contribution in [0, 0.1) is 0 Å². The molecule has 2 N–H and O–H groups in total. The van der Waals surface area contributed by atoms with E-state index in [0.29, 0.717) is 0 Å². The van der Waals surface area contributed by atoms with Gasteiger partial charge in [-0.15, -0.1) is 0 Å². The SMILES string of the molecule is CCSCCCN(CCO)CCCO. The summed E-state index contributed by atoms with van der Waals surface area (Å²) in [5, 5.41) is 17.5. The lowest BCUT2D eigenvalue weighted by Gasteiger charge is -2.20. The molecule has 0 aliphatic carbocycles. The molecule has 0 rings (SSSR count). The van der Waals surface area contributed by atoms with Crippen molar-refractivity contribution in [3.8, 4) is 0 Å². The molecule has 86 valence electrons. The molecule has 0 bridgehead atoms. The summed E-state index contributed by atoms with van der Waals surface area (Å²) >= 11 is 1.95. The van der Waals surface area contributed by atoms with Crippen LogP contribution in [0.15, 0.2) is 0 Å². The van der Waals surface area contributed by atoms with Crippen LogP contribution in [0.3, 0.4) is 0 Å². The normalized spacial score (nSPS) is 11.1. The van der Waals surface area contributed by atoms with Gasteiger partial charge in [0, 0.05) is 19.7 Å². The predicted octanol–water partition coefficient (Wildman–Crippen LogP) is 0.806. The average Bonchev–Trinajstić information content (AvgIpc) is 2.20. The molecule has 14 heavy (non-hydrogen) atoms. The van der Waals surface area contributed by atoms with Crippen LogP contribution >= 0.6 is 11.8 Å². The predicted molar refractivity (Wildman–Crippen MR) is 62.8 cm³/mol. The van der Waals surface area contributed by atoms with Crippen LogP contribution in [-0.4, -0.2) is 59.5 Å². The maximum atomic E-state index is 8.83. The first-order chi connectivity index (χ1) is 6.85. The van der Waals surface area contributed by atoms with Gasteiger partial charge in [0.25, 0.3) is 0 Å². The van der Waals surface area contributed by atoms with Gasteiger partial charge in [0.15, 0.2) is 0 Å². The molecule has 0 aliphatic heterocycles. The van der Waals surface area contributed by atoms with Crippen molar-refractivity contribution in [2.24, 2.45) is 0 Å². The summed E-state index contributed by atoms with van der Waals surface area (Å²) in [6.07, 6.45) is 1.98. The zero-order valence-electron chi connectivity index (χ0n) is 9.11. The van der Waals surface area contributed by atoms with Crippen molar-refractivity contribution in [1.82, 2.24) is 4.90 Å². The van der Waals surface area contributed by atoms with E-state index >= 15 is 0 Å². The fourth-order valence-electron chi connectivity index (χ4n) is 1.31. The Balaban J connectivity index is 3.40. The Labute approximate surface area is 91.5 Å². The summed E-state index contributed by atoms with van der Waals surface area (Å²) in [7, 11) is 0. The Bertz CT molecular complexity index is 114. The number of thioether (sulfide) groups is 1. The first-order valence-electron chi connectivity index (χ1n) is 5.37. The molecule has 0 amide bonds. The summed E-state index contributed by atoms with van der Waals surface area (Å²) < 4.78 is 0. The van der Waals surface area contributed by atoms with Crippen LogP contribution in [0.1, 0.15) is 19.8 Å². The van der Waals surface area contributed by atoms with Crippen LogP contribution < -0.4 is 0 Å². The number of hydrogen-bond acceptors (Lipinski definition) is 4. The maximum absolute atomic E-state index is 8.83. The molecule has 0 heterocycles. The van der Waals surface area contributed by atoms with Crippen molar-refractivity contribution in [1.29, 1.82) is 0 Å². The Morgan fingerprint density at radius 2 is 1.71 bits per heavy atom. The van der Waals surface area contributed by atoms with E-state index in [-0.39, 0.29) is 13.2 Å². The minimum Gasteiger partial charge on any atom is -0.396 e. The Kier molecular flexibility index (Phi) is 11.5. The summed E-state index contributed by atoms with van der Waals surface area (Å²) in [4.78, 5) is 2.21. The highest BCUT2D eigenvalue weighted by molar-refractivity contribution is 7.99. The van der Waals surface area contributed by atoms with Gasteiger partial charge in [-0.25, -0.2) is 0 Å². The molecule has 0 fully saturated rings. The van der Waals surface area contributed by atoms with Gasteiger partial charge in [-0.05, 0) is 30.9 Å². The lowest BCUT2D eigenvalue weighted by Crippen LogP contribution is -2.29. The second-order valence-corrected chi connectivity index (χ2v) is 4.59. The molecule has 0 atom stereocenters. The topological polar surface area (TPSA) is 43.7 Å². The van der Waals surface area contributed by atoms with E-state index in [1.54, 1.807) is 0 Å². The number of aliphatic hydroxyl groups excluding tert-OH is 2. The van der Waals surface area contributed by atoms with E-state index < -0.39 is 0 Å².